The Kier molecular flexibility index (Phi) is 3.64. The second-order valence-electron chi connectivity index (χ2n) is 4.04. The Bertz CT molecular complexity index is 629. The predicted octanol–water partition coefficient (Wildman–Crippen LogP) is 1.66. The van der Waals surface area contributed by atoms with Crippen molar-refractivity contribution in [3.05, 3.63) is 33.9 Å². The number of Topliss-reactive ketones (excluding diaryl/α,β-unsaturated/α-hetero) is 1. The van der Waals surface area contributed by atoms with Crippen LogP contribution in [0.5, 0.6) is 0 Å². The van der Waals surface area contributed by atoms with Crippen molar-refractivity contribution in [2.45, 2.75) is 6.36 Å². The lowest BCUT2D eigenvalue weighted by molar-refractivity contribution is -0.384. The Labute approximate surface area is 115 Å². The summed E-state index contributed by atoms with van der Waals surface area (Å²) in [7, 11) is 0. The topological polar surface area (TPSA) is 89.8 Å². The van der Waals surface area contributed by atoms with Crippen LogP contribution in [0.3, 0.4) is 0 Å². The third kappa shape index (κ3) is 2.99. The Balaban J connectivity index is 2.21. The minimum Gasteiger partial charge on any atom is -0.302 e. The van der Waals surface area contributed by atoms with E-state index >= 15 is 0 Å². The van der Waals surface area contributed by atoms with E-state index in [1.165, 1.54) is 0 Å². The maximum absolute atomic E-state index is 11.9. The molecule has 2 rings (SSSR count). The van der Waals surface area contributed by atoms with Gasteiger partial charge in [-0.15, -0.1) is 13.2 Å². The van der Waals surface area contributed by atoms with Crippen LogP contribution in [0.25, 0.3) is 0 Å². The average molecular weight is 304 g/mol. The van der Waals surface area contributed by atoms with Crippen molar-refractivity contribution in [3.63, 3.8) is 0 Å². The average Bonchev–Trinajstić information content (AvgIpc) is 2.62. The van der Waals surface area contributed by atoms with Gasteiger partial charge in [0, 0.05) is 12.1 Å². The van der Waals surface area contributed by atoms with Crippen LogP contribution in [0.2, 0.25) is 0 Å². The van der Waals surface area contributed by atoms with Crippen molar-refractivity contribution >= 4 is 23.1 Å². The molecule has 0 fully saturated rings. The molecule has 0 atom stereocenters. The molecular formula is C11H7F3N2O5. The van der Waals surface area contributed by atoms with Crippen molar-refractivity contribution < 1.29 is 32.4 Å². The first-order valence-electron chi connectivity index (χ1n) is 5.56. The molecule has 10 heteroatoms. The van der Waals surface area contributed by atoms with Gasteiger partial charge in [-0.05, 0) is 6.07 Å². The standard InChI is InChI=1S/C11H7F3N2O5/c12-11(13,14)21-4-3-15-8-2-1-6(16(19)20)5-7(8)9(17)10(15)18/h1-2,5H,3-4H2. The first kappa shape index (κ1) is 14.9. The second-order valence-corrected chi connectivity index (χ2v) is 4.04. The number of amides is 1. The summed E-state index contributed by atoms with van der Waals surface area (Å²) in [5, 5.41) is 10.6. The summed E-state index contributed by atoms with van der Waals surface area (Å²) in [6.07, 6.45) is -4.84. The monoisotopic (exact) mass is 304 g/mol. The Morgan fingerprint density at radius 1 is 1.29 bits per heavy atom. The minimum atomic E-state index is -4.84. The van der Waals surface area contributed by atoms with Gasteiger partial charge in [0.1, 0.15) is 0 Å². The SMILES string of the molecule is O=C1C(=O)N(CCOC(F)(F)F)c2ccc([N+](=O)[O-])cc21. The third-order valence-corrected chi connectivity index (χ3v) is 2.75. The Hall–Kier alpha value is -2.49. The molecule has 1 amide bonds. The van der Waals surface area contributed by atoms with Crippen LogP contribution in [0, 0.1) is 10.1 Å². The largest absolute Gasteiger partial charge is 0.522 e. The molecule has 7 nitrogen and oxygen atoms in total. The summed E-state index contributed by atoms with van der Waals surface area (Å²) in [4.78, 5) is 34.0. The van der Waals surface area contributed by atoms with Gasteiger partial charge in [0.2, 0.25) is 0 Å². The van der Waals surface area contributed by atoms with Gasteiger partial charge in [-0.1, -0.05) is 0 Å². The zero-order valence-corrected chi connectivity index (χ0v) is 10.2. The fourth-order valence-electron chi connectivity index (χ4n) is 1.88. The lowest BCUT2D eigenvalue weighted by Crippen LogP contribution is -2.34. The number of ketones is 1. The number of carbonyl (C=O) groups excluding carboxylic acids is 2. The summed E-state index contributed by atoms with van der Waals surface area (Å²) in [5.74, 6) is -2.04. The molecule has 1 aliphatic heterocycles. The van der Waals surface area contributed by atoms with E-state index in [0.29, 0.717) is 0 Å². The first-order chi connectivity index (χ1) is 9.70. The second kappa shape index (κ2) is 5.13. The number of nitro benzene ring substituents is 1. The van der Waals surface area contributed by atoms with Crippen LogP contribution < -0.4 is 4.90 Å². The van der Waals surface area contributed by atoms with Gasteiger partial charge in [0.05, 0.1) is 29.3 Å². The number of fused-ring (bicyclic) bond motifs is 1. The molecule has 0 unspecified atom stereocenters. The number of non-ortho nitro benzene ring substituents is 1. The number of hydrogen-bond acceptors (Lipinski definition) is 5. The van der Waals surface area contributed by atoms with Gasteiger partial charge < -0.3 is 4.90 Å². The van der Waals surface area contributed by atoms with Crippen LogP contribution >= 0.6 is 0 Å². The number of anilines is 1. The van der Waals surface area contributed by atoms with Crippen LogP contribution in [0.4, 0.5) is 24.5 Å². The van der Waals surface area contributed by atoms with E-state index in [9.17, 15) is 32.9 Å². The molecular weight excluding hydrogens is 297 g/mol. The van der Waals surface area contributed by atoms with E-state index in [-0.39, 0.29) is 16.9 Å². The van der Waals surface area contributed by atoms with E-state index in [1.54, 1.807) is 0 Å². The fourth-order valence-corrected chi connectivity index (χ4v) is 1.88. The number of carbonyl (C=O) groups is 2. The molecule has 0 saturated heterocycles. The predicted molar refractivity (Wildman–Crippen MR) is 61.8 cm³/mol. The van der Waals surface area contributed by atoms with Gasteiger partial charge in [0.25, 0.3) is 17.4 Å². The van der Waals surface area contributed by atoms with E-state index in [1.807, 2.05) is 0 Å². The fraction of sp³-hybridized carbons (Fsp3) is 0.273. The smallest absolute Gasteiger partial charge is 0.302 e. The lowest BCUT2D eigenvalue weighted by Gasteiger charge is -2.16. The number of benzene rings is 1. The van der Waals surface area contributed by atoms with Gasteiger partial charge in [-0.3, -0.25) is 24.4 Å². The van der Waals surface area contributed by atoms with E-state index < -0.39 is 36.1 Å². The molecule has 0 aliphatic carbocycles. The molecule has 1 aromatic rings. The maximum Gasteiger partial charge on any atom is 0.522 e. The van der Waals surface area contributed by atoms with Gasteiger partial charge in [-0.25, -0.2) is 0 Å². The summed E-state index contributed by atoms with van der Waals surface area (Å²) >= 11 is 0. The minimum absolute atomic E-state index is 0.0291. The number of ether oxygens (including phenoxy) is 1. The number of halogens is 3. The number of alkyl halides is 3. The molecule has 21 heavy (non-hydrogen) atoms. The first-order valence-corrected chi connectivity index (χ1v) is 5.56. The molecule has 0 N–H and O–H groups in total. The van der Waals surface area contributed by atoms with E-state index in [2.05, 4.69) is 4.74 Å². The Morgan fingerprint density at radius 2 is 1.95 bits per heavy atom. The van der Waals surface area contributed by atoms with Crippen molar-refractivity contribution in [2.24, 2.45) is 0 Å². The number of hydrogen-bond donors (Lipinski definition) is 0. The van der Waals surface area contributed by atoms with Crippen LogP contribution in [0.15, 0.2) is 18.2 Å². The summed E-state index contributed by atoms with van der Waals surface area (Å²) in [5.41, 5.74) is -0.564. The van der Waals surface area contributed by atoms with Gasteiger partial charge in [-0.2, -0.15) is 0 Å². The molecule has 0 spiro atoms. The molecule has 1 aliphatic rings. The van der Waals surface area contributed by atoms with Crippen molar-refractivity contribution in [1.82, 2.24) is 0 Å². The molecule has 0 radical (unpaired) electrons. The van der Waals surface area contributed by atoms with Crippen molar-refractivity contribution in [1.29, 1.82) is 0 Å². The molecule has 112 valence electrons. The highest BCUT2D eigenvalue weighted by Gasteiger charge is 2.37. The number of nitro groups is 1. The number of nitrogens with zero attached hydrogens (tertiary/aromatic N) is 2. The molecule has 0 saturated carbocycles. The zero-order valence-electron chi connectivity index (χ0n) is 10.2. The van der Waals surface area contributed by atoms with Crippen LogP contribution in [0.1, 0.15) is 10.4 Å². The zero-order chi connectivity index (χ0) is 15.8. The van der Waals surface area contributed by atoms with Crippen molar-refractivity contribution in [2.75, 3.05) is 18.1 Å². The lowest BCUT2D eigenvalue weighted by atomic mass is 10.1. The van der Waals surface area contributed by atoms with Crippen LogP contribution in [-0.2, 0) is 9.53 Å². The van der Waals surface area contributed by atoms with E-state index in [0.717, 1.165) is 23.1 Å². The molecule has 0 bridgehead atoms. The molecule has 1 heterocycles. The highest BCUT2D eigenvalue weighted by atomic mass is 19.4. The quantitative estimate of drug-likeness (QED) is 0.479. The van der Waals surface area contributed by atoms with Gasteiger partial charge >= 0.3 is 6.36 Å². The highest BCUT2D eigenvalue weighted by molar-refractivity contribution is 6.52. The maximum atomic E-state index is 11.9. The third-order valence-electron chi connectivity index (χ3n) is 2.75. The highest BCUT2D eigenvalue weighted by Crippen LogP contribution is 2.32. The summed E-state index contributed by atoms with van der Waals surface area (Å²) in [6, 6.07) is 3.12. The Morgan fingerprint density at radius 3 is 2.52 bits per heavy atom. The summed E-state index contributed by atoms with van der Waals surface area (Å²) < 4.78 is 39.2. The summed E-state index contributed by atoms with van der Waals surface area (Å²) in [6.45, 7) is -1.34. The van der Waals surface area contributed by atoms with Gasteiger partial charge in [0.15, 0.2) is 0 Å². The normalized spacial score (nSPS) is 14.5. The molecule has 1 aromatic carbocycles. The van der Waals surface area contributed by atoms with E-state index in [4.69, 9.17) is 0 Å². The number of rotatable bonds is 4. The van der Waals surface area contributed by atoms with Crippen LogP contribution in [-0.4, -0.2) is 36.1 Å². The van der Waals surface area contributed by atoms with Crippen molar-refractivity contribution in [3.8, 4) is 0 Å². The molecule has 0 aromatic heterocycles.